The van der Waals surface area contributed by atoms with Crippen LogP contribution in [0, 0.1) is 0 Å². The van der Waals surface area contributed by atoms with Crippen LogP contribution in [0.15, 0.2) is 0 Å². The number of hydrogen-bond donors (Lipinski definition) is 2. The molecule has 3 nitrogen and oxygen atoms in total. The molecule has 0 heterocycles. The summed E-state index contributed by atoms with van der Waals surface area (Å²) >= 11 is 0. The van der Waals surface area contributed by atoms with Gasteiger partial charge in [0.25, 0.3) is 0 Å². The molecule has 0 fully saturated rings. The van der Waals surface area contributed by atoms with E-state index in [0.29, 0.717) is 0 Å². The molecule has 0 saturated carbocycles. The molecule has 0 aromatic heterocycles. The van der Waals surface area contributed by atoms with Crippen LogP contribution >= 0.6 is 32.4 Å². The summed E-state index contributed by atoms with van der Waals surface area (Å²) in [6.07, 6.45) is 0. The Morgan fingerprint density at radius 3 is 2.38 bits per heavy atom. The van der Waals surface area contributed by atoms with Crippen LogP contribution in [-0.4, -0.2) is 15.3 Å². The molecule has 0 spiro atoms. The maximum atomic E-state index is 10.1. The zero-order valence-corrected chi connectivity index (χ0v) is 10.1. The van der Waals surface area contributed by atoms with E-state index in [1.54, 1.807) is 0 Å². The molecule has 7 heteroatoms. The summed E-state index contributed by atoms with van der Waals surface area (Å²) < 4.78 is 10.1. The van der Waals surface area contributed by atoms with Gasteiger partial charge in [-0.3, -0.25) is 0 Å². The predicted molar refractivity (Wildman–Crippen MR) is 51.4 cm³/mol. The van der Waals surface area contributed by atoms with Crippen molar-refractivity contribution in [2.45, 2.75) is 0 Å². The van der Waals surface area contributed by atoms with Gasteiger partial charge in [0.1, 0.15) is 0 Å². The van der Waals surface area contributed by atoms with Gasteiger partial charge in [-0.05, 0) is 0 Å². The molecule has 0 radical (unpaired) electrons. The van der Waals surface area contributed by atoms with E-state index < -0.39 is 7.60 Å². The monoisotopic (exact) mass is 196 g/mol. The molecule has 0 aromatic carbocycles. The van der Waals surface area contributed by atoms with Crippen LogP contribution < -0.4 is 0 Å². The molecular weight excluding hydrogens is 184 g/mol. The fraction of sp³-hybridized carbons (Fsp3) is 0. The van der Waals surface area contributed by atoms with Crippen molar-refractivity contribution in [1.29, 1.82) is 0 Å². The molecular formula is CH12O3P4. The van der Waals surface area contributed by atoms with Crippen molar-refractivity contribution in [3.8, 4) is 0 Å². The minimum atomic E-state index is -3.71. The van der Waals surface area contributed by atoms with Gasteiger partial charge in [0.05, 0.1) is 0 Å². The molecule has 1 atom stereocenters. The molecule has 0 saturated heterocycles. The number of rotatable bonds is 2. The van der Waals surface area contributed by atoms with Gasteiger partial charge in [0.15, 0.2) is 0 Å². The fourth-order valence-electron chi connectivity index (χ4n) is 0.243. The van der Waals surface area contributed by atoms with Crippen molar-refractivity contribution < 1.29 is 14.4 Å². The van der Waals surface area contributed by atoms with Crippen LogP contribution in [0.2, 0.25) is 0 Å². The van der Waals surface area contributed by atoms with E-state index >= 15 is 0 Å². The third-order valence-electron chi connectivity index (χ3n) is 0.535. The third-order valence-corrected chi connectivity index (χ3v) is 11.0. The first-order chi connectivity index (χ1) is 3.56. The van der Waals surface area contributed by atoms with Gasteiger partial charge in [0.2, 0.25) is 0 Å². The van der Waals surface area contributed by atoms with Crippen LogP contribution in [0.1, 0.15) is 0 Å². The van der Waals surface area contributed by atoms with Gasteiger partial charge in [-0.15, -0.1) is 0 Å². The third kappa shape index (κ3) is 7.31. The van der Waals surface area contributed by atoms with Crippen LogP contribution in [0.5, 0.6) is 0 Å². The Morgan fingerprint density at radius 1 is 1.75 bits per heavy atom. The molecule has 8 heavy (non-hydrogen) atoms. The SMILES string of the molecule is O=P(O)(O)/C=[PH2]/[PH3][PH4]. The average Bonchev–Trinajstić information content (AvgIpc) is 1.59. The Labute approximate surface area is 53.0 Å². The summed E-state index contributed by atoms with van der Waals surface area (Å²) in [5.74, 6) is 0. The second-order valence-electron chi connectivity index (χ2n) is 1.38. The first-order valence-electron chi connectivity index (χ1n) is 2.29. The van der Waals surface area contributed by atoms with Crippen LogP contribution in [0.3, 0.4) is 0 Å². The molecule has 0 bridgehead atoms. The Morgan fingerprint density at radius 2 is 2.25 bits per heavy atom. The van der Waals surface area contributed by atoms with Gasteiger partial charge >= 0.3 is 52.3 Å². The summed E-state index contributed by atoms with van der Waals surface area (Å²) in [5.41, 5.74) is 1.21. The normalized spacial score (nSPS) is 14.5. The van der Waals surface area contributed by atoms with Crippen molar-refractivity contribution in [1.82, 2.24) is 0 Å². The van der Waals surface area contributed by atoms with Gasteiger partial charge in [-0.2, -0.15) is 0 Å². The molecule has 2 N–H and O–H groups in total. The quantitative estimate of drug-likeness (QED) is 0.593. The molecule has 0 aliphatic heterocycles. The Balaban J connectivity index is 3.71. The molecule has 54 valence electrons. The van der Waals surface area contributed by atoms with E-state index in [1.165, 1.54) is 14.5 Å². The summed E-state index contributed by atoms with van der Waals surface area (Å²) in [4.78, 5) is 16.5. The molecule has 0 aliphatic carbocycles. The predicted octanol–water partition coefficient (Wildman–Crippen LogP) is -0.353. The van der Waals surface area contributed by atoms with E-state index in [0.717, 1.165) is 0 Å². The molecule has 0 rings (SSSR count). The summed E-state index contributed by atoms with van der Waals surface area (Å²) in [5, 5.41) is 0. The van der Waals surface area contributed by atoms with E-state index in [9.17, 15) is 4.57 Å². The molecule has 0 amide bonds. The first kappa shape index (κ1) is 9.31. The second kappa shape index (κ2) is 4.18. The van der Waals surface area contributed by atoms with Crippen LogP contribution in [0.25, 0.3) is 0 Å². The zero-order valence-electron chi connectivity index (χ0n) is 4.61. The van der Waals surface area contributed by atoms with Crippen molar-refractivity contribution in [2.75, 3.05) is 0 Å². The summed E-state index contributed by atoms with van der Waals surface area (Å²) in [6.45, 7) is 0. The van der Waals surface area contributed by atoms with E-state index in [4.69, 9.17) is 9.79 Å². The molecule has 0 aromatic rings. The average molecular weight is 196 g/mol. The Kier molecular flexibility index (Phi) is 4.86. The van der Waals surface area contributed by atoms with Gasteiger partial charge in [-0.1, -0.05) is 0 Å². The molecule has 0 aliphatic rings. The van der Waals surface area contributed by atoms with E-state index in [-0.39, 0.29) is 15.9 Å². The standard InChI is InChI=1S/CH12O3P4/c2-8(3,4)1-6-7-5/h1H,6H2,7H3,5H4,(H2,2,3,4). The van der Waals surface area contributed by atoms with Gasteiger partial charge in [-0.25, -0.2) is 0 Å². The van der Waals surface area contributed by atoms with Crippen molar-refractivity contribution >= 4 is 37.9 Å². The fourth-order valence-corrected chi connectivity index (χ4v) is 12.2. The Bertz CT molecular complexity index is 123. The summed E-state index contributed by atoms with van der Waals surface area (Å²) in [7, 11) is -2.47. The Hall–Kier alpha value is 1.31. The van der Waals surface area contributed by atoms with Crippen molar-refractivity contribution in [3.63, 3.8) is 0 Å². The van der Waals surface area contributed by atoms with Gasteiger partial charge < -0.3 is 0 Å². The maximum absolute atomic E-state index is 10.1. The van der Waals surface area contributed by atoms with Gasteiger partial charge in [0, 0.05) is 0 Å². The van der Waals surface area contributed by atoms with Crippen LogP contribution in [0.4, 0.5) is 0 Å². The number of hydrogen-bond acceptors (Lipinski definition) is 1. The summed E-state index contributed by atoms with van der Waals surface area (Å²) in [6, 6.07) is 0. The second-order valence-corrected chi connectivity index (χ2v) is 16.3. The van der Waals surface area contributed by atoms with Crippen molar-refractivity contribution in [3.05, 3.63) is 0 Å². The van der Waals surface area contributed by atoms with Crippen molar-refractivity contribution in [2.24, 2.45) is 0 Å². The first-order valence-corrected chi connectivity index (χ1v) is 13.6. The van der Waals surface area contributed by atoms with E-state index in [2.05, 4.69) is 0 Å². The molecule has 1 unspecified atom stereocenters. The van der Waals surface area contributed by atoms with Crippen LogP contribution in [-0.2, 0) is 4.57 Å². The zero-order chi connectivity index (χ0) is 6.62. The van der Waals surface area contributed by atoms with E-state index in [1.807, 2.05) is 0 Å². The minimum absolute atomic E-state index is 0.00862. The topological polar surface area (TPSA) is 57.5 Å².